The Balaban J connectivity index is 5.25. The summed E-state index contributed by atoms with van der Waals surface area (Å²) >= 11 is 0. The van der Waals surface area contributed by atoms with Crippen LogP contribution in [0.15, 0.2) is 0 Å². The van der Waals surface area contributed by atoms with Crippen LogP contribution >= 0.6 is 15.6 Å². The van der Waals surface area contributed by atoms with Crippen molar-refractivity contribution in [1.29, 1.82) is 0 Å². The molecule has 0 aromatic carbocycles. The first-order valence-electron chi connectivity index (χ1n) is 35.7. The summed E-state index contributed by atoms with van der Waals surface area (Å²) < 4.78 is 68.2. The number of aliphatic hydroxyl groups excluding tert-OH is 1. The van der Waals surface area contributed by atoms with Crippen LogP contribution in [0.2, 0.25) is 0 Å². The number of phosphoric ester groups is 2. The Morgan fingerprint density at radius 3 is 0.807 bits per heavy atom. The molecule has 0 aromatic heterocycles. The van der Waals surface area contributed by atoms with Gasteiger partial charge in [-0.05, 0) is 49.4 Å². The van der Waals surface area contributed by atoms with Crippen molar-refractivity contribution >= 4 is 39.5 Å². The standard InChI is InChI=1S/C69H134O17P2/c1-9-62(8)48-40-32-27-28-34-42-50-67(72)80-56-65(86-69(74)52-44-36-26-20-23-31-39-47-61(6)7)58-84-88(77,78)82-54-63(70)53-81-87(75,76)83-57-64(55-79-66(71)49-41-33-24-19-15-17-22-30-38-46-60(4)5)85-68(73)51-43-35-25-18-14-12-10-11-13-16-21-29-37-45-59(2)3/h59-65,70H,9-58H2,1-8H3,(H,75,76)(H,77,78)/t62?,63-,64-,65-/m1/s1. The van der Waals surface area contributed by atoms with Crippen LogP contribution in [0.4, 0.5) is 0 Å². The lowest BCUT2D eigenvalue weighted by Crippen LogP contribution is -2.30. The number of esters is 4. The molecule has 0 aliphatic heterocycles. The van der Waals surface area contributed by atoms with E-state index in [2.05, 4.69) is 55.4 Å². The number of rotatable bonds is 66. The van der Waals surface area contributed by atoms with Crippen molar-refractivity contribution in [1.82, 2.24) is 0 Å². The predicted molar refractivity (Wildman–Crippen MR) is 354 cm³/mol. The number of hydrogen-bond donors (Lipinski definition) is 3. The summed E-state index contributed by atoms with van der Waals surface area (Å²) in [6.07, 6.45) is 40.4. The summed E-state index contributed by atoms with van der Waals surface area (Å²) in [4.78, 5) is 72.5. The summed E-state index contributed by atoms with van der Waals surface area (Å²) in [5, 5.41) is 10.6. The van der Waals surface area contributed by atoms with Gasteiger partial charge in [-0.15, -0.1) is 0 Å². The fraction of sp³-hybridized carbons (Fsp3) is 0.942. The molecule has 0 amide bonds. The van der Waals surface area contributed by atoms with E-state index in [-0.39, 0.29) is 25.7 Å². The molecule has 0 bridgehead atoms. The molecule has 0 saturated heterocycles. The Morgan fingerprint density at radius 1 is 0.318 bits per heavy atom. The largest absolute Gasteiger partial charge is 0.472 e. The van der Waals surface area contributed by atoms with Crippen LogP contribution in [0.3, 0.4) is 0 Å². The highest BCUT2D eigenvalue weighted by molar-refractivity contribution is 7.47. The zero-order chi connectivity index (χ0) is 65.4. The molecule has 3 unspecified atom stereocenters. The molecule has 522 valence electrons. The minimum Gasteiger partial charge on any atom is -0.462 e. The predicted octanol–water partition coefficient (Wildman–Crippen LogP) is 19.3. The maximum Gasteiger partial charge on any atom is 0.472 e. The molecule has 88 heavy (non-hydrogen) atoms. The van der Waals surface area contributed by atoms with Gasteiger partial charge in [-0.1, -0.05) is 287 Å². The Morgan fingerprint density at radius 2 is 0.545 bits per heavy atom. The van der Waals surface area contributed by atoms with E-state index in [9.17, 15) is 43.2 Å². The maximum atomic E-state index is 13.0. The number of hydrogen-bond acceptors (Lipinski definition) is 15. The fourth-order valence-electron chi connectivity index (χ4n) is 10.3. The van der Waals surface area contributed by atoms with Crippen LogP contribution in [-0.2, 0) is 65.4 Å². The van der Waals surface area contributed by atoms with Gasteiger partial charge in [0.25, 0.3) is 0 Å². The second-order valence-electron chi connectivity index (χ2n) is 26.6. The first-order valence-corrected chi connectivity index (χ1v) is 38.7. The van der Waals surface area contributed by atoms with Crippen molar-refractivity contribution in [3.8, 4) is 0 Å². The minimum atomic E-state index is -4.95. The molecule has 0 aliphatic rings. The lowest BCUT2D eigenvalue weighted by Gasteiger charge is -2.21. The van der Waals surface area contributed by atoms with Crippen LogP contribution in [0.1, 0.15) is 338 Å². The highest BCUT2D eigenvalue weighted by Gasteiger charge is 2.30. The monoisotopic (exact) mass is 1300 g/mol. The number of unbranched alkanes of at least 4 members (excludes halogenated alkanes) is 31. The van der Waals surface area contributed by atoms with Crippen molar-refractivity contribution in [3.05, 3.63) is 0 Å². The average Bonchev–Trinajstić information content (AvgIpc) is 3.55. The molecule has 0 saturated carbocycles. The van der Waals surface area contributed by atoms with Crippen LogP contribution in [0, 0.1) is 23.7 Å². The minimum absolute atomic E-state index is 0.102. The lowest BCUT2D eigenvalue weighted by molar-refractivity contribution is -0.161. The zero-order valence-electron chi connectivity index (χ0n) is 57.3. The van der Waals surface area contributed by atoms with E-state index in [1.54, 1.807) is 0 Å². The number of phosphoric acid groups is 2. The Labute approximate surface area is 537 Å². The molecule has 0 radical (unpaired) electrons. The van der Waals surface area contributed by atoms with Crippen molar-refractivity contribution in [2.75, 3.05) is 39.6 Å². The normalized spacial score (nSPS) is 14.6. The van der Waals surface area contributed by atoms with Gasteiger partial charge in [-0.2, -0.15) is 0 Å². The first-order chi connectivity index (χ1) is 42.1. The molecule has 0 aliphatic carbocycles. The second-order valence-corrected chi connectivity index (χ2v) is 29.5. The van der Waals surface area contributed by atoms with Gasteiger partial charge in [0, 0.05) is 25.7 Å². The number of aliphatic hydroxyl groups is 1. The second kappa shape index (κ2) is 58.8. The number of ether oxygens (including phenoxy) is 4. The zero-order valence-corrected chi connectivity index (χ0v) is 59.1. The summed E-state index contributed by atoms with van der Waals surface area (Å²) in [5.74, 6) is 0.823. The Kier molecular flexibility index (Phi) is 57.6. The van der Waals surface area contributed by atoms with E-state index in [0.717, 1.165) is 114 Å². The average molecular weight is 1300 g/mol. The van der Waals surface area contributed by atoms with Crippen molar-refractivity contribution < 1.29 is 80.2 Å². The summed E-state index contributed by atoms with van der Waals surface area (Å²) in [5.41, 5.74) is 0. The van der Waals surface area contributed by atoms with Gasteiger partial charge in [-0.3, -0.25) is 37.3 Å². The van der Waals surface area contributed by atoms with E-state index < -0.39 is 97.5 Å². The summed E-state index contributed by atoms with van der Waals surface area (Å²) in [6, 6.07) is 0. The third-order valence-electron chi connectivity index (χ3n) is 16.2. The molecule has 0 aromatic rings. The third kappa shape index (κ3) is 61.6. The van der Waals surface area contributed by atoms with Crippen molar-refractivity contribution in [2.24, 2.45) is 23.7 Å². The van der Waals surface area contributed by atoms with Gasteiger partial charge in [-0.25, -0.2) is 9.13 Å². The van der Waals surface area contributed by atoms with Gasteiger partial charge >= 0.3 is 39.5 Å². The lowest BCUT2D eigenvalue weighted by atomic mass is 10.00. The molecule has 19 heteroatoms. The molecule has 0 heterocycles. The summed E-state index contributed by atoms with van der Waals surface area (Å²) in [6.45, 7) is 14.0. The fourth-order valence-corrected chi connectivity index (χ4v) is 11.9. The van der Waals surface area contributed by atoms with Gasteiger partial charge < -0.3 is 33.8 Å². The van der Waals surface area contributed by atoms with Crippen LogP contribution in [-0.4, -0.2) is 96.7 Å². The smallest absolute Gasteiger partial charge is 0.462 e. The maximum absolute atomic E-state index is 13.0. The van der Waals surface area contributed by atoms with Gasteiger partial charge in [0.2, 0.25) is 0 Å². The topological polar surface area (TPSA) is 237 Å². The Hall–Kier alpha value is -1.94. The van der Waals surface area contributed by atoms with Crippen molar-refractivity contribution in [2.45, 2.75) is 356 Å². The van der Waals surface area contributed by atoms with Crippen LogP contribution in [0.5, 0.6) is 0 Å². The molecular weight excluding hydrogens is 1160 g/mol. The van der Waals surface area contributed by atoms with Crippen LogP contribution in [0.25, 0.3) is 0 Å². The quantitative estimate of drug-likeness (QED) is 0.0222. The molecular formula is C69H134O17P2. The highest BCUT2D eigenvalue weighted by atomic mass is 31.2. The van der Waals surface area contributed by atoms with Crippen LogP contribution < -0.4 is 0 Å². The van der Waals surface area contributed by atoms with Gasteiger partial charge in [0.05, 0.1) is 26.4 Å². The molecule has 17 nitrogen and oxygen atoms in total. The Bertz CT molecular complexity index is 1750. The van der Waals surface area contributed by atoms with E-state index in [0.29, 0.717) is 31.6 Å². The van der Waals surface area contributed by atoms with E-state index >= 15 is 0 Å². The van der Waals surface area contributed by atoms with Crippen molar-refractivity contribution in [3.63, 3.8) is 0 Å². The highest BCUT2D eigenvalue weighted by Crippen LogP contribution is 2.45. The number of carbonyl (C=O) groups excluding carboxylic acids is 4. The SMILES string of the molecule is CCC(C)CCCCCCCCC(=O)OC[C@H](COP(=O)(O)OC[C@H](O)COP(=O)(O)OC[C@@H](COC(=O)CCCCCCCCCCCC(C)C)OC(=O)CCCCCCCCCCCCCCCC(C)C)OC(=O)CCCCCCCCCC(C)C. The molecule has 0 spiro atoms. The molecule has 3 N–H and O–H groups in total. The van der Waals surface area contributed by atoms with E-state index in [1.165, 1.54) is 135 Å². The number of carbonyl (C=O) groups is 4. The summed E-state index contributed by atoms with van der Waals surface area (Å²) in [7, 11) is -9.90. The third-order valence-corrected chi connectivity index (χ3v) is 18.1. The molecule has 0 rings (SSSR count). The molecule has 0 fully saturated rings. The van der Waals surface area contributed by atoms with E-state index in [4.69, 9.17) is 37.0 Å². The van der Waals surface area contributed by atoms with E-state index in [1.807, 2.05) is 0 Å². The van der Waals surface area contributed by atoms with Gasteiger partial charge in [0.15, 0.2) is 12.2 Å². The first kappa shape index (κ1) is 86.1. The van der Waals surface area contributed by atoms with Gasteiger partial charge in [0.1, 0.15) is 19.3 Å². The molecule has 6 atom stereocenters.